The van der Waals surface area contributed by atoms with Crippen molar-refractivity contribution < 1.29 is 0 Å². The molecule has 230 valence electrons. The number of benzene rings is 7. The van der Waals surface area contributed by atoms with Gasteiger partial charge in [-0.2, -0.15) is 9.97 Å². The van der Waals surface area contributed by atoms with Gasteiger partial charge >= 0.3 is 0 Å². The average Bonchev–Trinajstić information content (AvgIpc) is 3.53. The largest absolute Gasteiger partial charge is 0.278 e. The van der Waals surface area contributed by atoms with Gasteiger partial charge in [0.2, 0.25) is 5.95 Å². The fourth-order valence-corrected chi connectivity index (χ4v) is 7.50. The van der Waals surface area contributed by atoms with Gasteiger partial charge in [0.05, 0.1) is 11.0 Å². The lowest BCUT2D eigenvalue weighted by molar-refractivity contribution is 0.952. The van der Waals surface area contributed by atoms with Crippen molar-refractivity contribution in [3.05, 3.63) is 163 Å². The zero-order valence-electron chi connectivity index (χ0n) is 26.7. The SMILES string of the molecule is C1=Cc2c(ccc3c2c2c4ccccc4ccc2n3-c2nc(-c3ccc(-c4ccccc4)cc3)nc(-c3ccc4ccccc4c3)n2)CC1. The van der Waals surface area contributed by atoms with Crippen molar-refractivity contribution in [2.24, 2.45) is 0 Å². The first-order valence-electron chi connectivity index (χ1n) is 16.8. The van der Waals surface area contributed by atoms with Crippen LogP contribution in [0.3, 0.4) is 0 Å². The second kappa shape index (κ2) is 11.1. The Labute approximate surface area is 283 Å². The zero-order chi connectivity index (χ0) is 32.3. The molecule has 9 aromatic rings. The number of nitrogens with zero attached hydrogens (tertiary/aromatic N) is 4. The van der Waals surface area contributed by atoms with Crippen LogP contribution in [0.2, 0.25) is 0 Å². The molecule has 0 saturated heterocycles. The molecule has 0 atom stereocenters. The van der Waals surface area contributed by atoms with Crippen molar-refractivity contribution in [1.29, 1.82) is 0 Å². The summed E-state index contributed by atoms with van der Waals surface area (Å²) in [5.74, 6) is 1.89. The first-order valence-corrected chi connectivity index (χ1v) is 16.8. The standard InChI is InChI=1S/C45H30N4/c1-2-10-29(11-3-1)31-18-21-34(22-19-31)43-46-44(36-23-20-30-12-4-5-15-35(30)28-36)48-45(47-43)49-39-26-24-32-13-6-8-16-37(32)41(39)42-38-17-9-7-14-33(38)25-27-40(42)49/h1-6,8-13,15-28H,7,14H2. The van der Waals surface area contributed by atoms with Crippen LogP contribution in [0.5, 0.6) is 0 Å². The zero-order valence-corrected chi connectivity index (χ0v) is 26.7. The summed E-state index contributed by atoms with van der Waals surface area (Å²) in [6.45, 7) is 0. The molecule has 4 nitrogen and oxygen atoms in total. The third-order valence-electron chi connectivity index (χ3n) is 9.90. The maximum atomic E-state index is 5.26. The molecule has 0 aliphatic heterocycles. The van der Waals surface area contributed by atoms with Gasteiger partial charge in [-0.15, -0.1) is 0 Å². The van der Waals surface area contributed by atoms with E-state index in [-0.39, 0.29) is 0 Å². The second-order valence-corrected chi connectivity index (χ2v) is 12.8. The first kappa shape index (κ1) is 27.7. The Hall–Kier alpha value is -6.39. The number of allylic oxidation sites excluding steroid dienone is 1. The minimum atomic E-state index is 0.607. The van der Waals surface area contributed by atoms with Crippen molar-refractivity contribution in [3.8, 4) is 39.9 Å². The van der Waals surface area contributed by atoms with Crippen molar-refractivity contribution in [2.75, 3.05) is 0 Å². The van der Waals surface area contributed by atoms with Crippen LogP contribution in [-0.2, 0) is 6.42 Å². The second-order valence-electron chi connectivity index (χ2n) is 12.8. The molecular weight excluding hydrogens is 597 g/mol. The predicted octanol–water partition coefficient (Wildman–Crippen LogP) is 11.2. The van der Waals surface area contributed by atoms with Crippen molar-refractivity contribution in [2.45, 2.75) is 12.8 Å². The molecule has 0 radical (unpaired) electrons. The van der Waals surface area contributed by atoms with Gasteiger partial charge in [-0.05, 0) is 74.8 Å². The summed E-state index contributed by atoms with van der Waals surface area (Å²) in [5.41, 5.74) is 9.09. The van der Waals surface area contributed by atoms with E-state index in [9.17, 15) is 0 Å². The van der Waals surface area contributed by atoms with Gasteiger partial charge in [0, 0.05) is 21.9 Å². The third kappa shape index (κ3) is 4.56. The van der Waals surface area contributed by atoms with Crippen LogP contribution < -0.4 is 0 Å². The Morgan fingerprint density at radius 2 is 1.10 bits per heavy atom. The van der Waals surface area contributed by atoms with E-state index in [4.69, 9.17) is 15.0 Å². The van der Waals surface area contributed by atoms with E-state index in [0.717, 1.165) is 46.0 Å². The number of fused-ring (bicyclic) bond motifs is 8. The highest BCUT2D eigenvalue weighted by molar-refractivity contribution is 6.23. The number of aryl methyl sites for hydroxylation is 1. The maximum absolute atomic E-state index is 5.26. The molecule has 0 fully saturated rings. The summed E-state index contributed by atoms with van der Waals surface area (Å²) in [5, 5.41) is 7.27. The van der Waals surface area contributed by atoms with Gasteiger partial charge in [-0.3, -0.25) is 4.57 Å². The summed E-state index contributed by atoms with van der Waals surface area (Å²) in [6.07, 6.45) is 6.71. The fourth-order valence-electron chi connectivity index (χ4n) is 7.50. The summed E-state index contributed by atoms with van der Waals surface area (Å²) < 4.78 is 2.24. The van der Waals surface area contributed by atoms with E-state index in [0.29, 0.717) is 17.6 Å². The van der Waals surface area contributed by atoms with E-state index in [2.05, 4.69) is 156 Å². The van der Waals surface area contributed by atoms with Crippen LogP contribution in [0.25, 0.3) is 89.3 Å². The van der Waals surface area contributed by atoms with Crippen LogP contribution in [0.4, 0.5) is 0 Å². The third-order valence-corrected chi connectivity index (χ3v) is 9.90. The molecule has 7 aromatic carbocycles. The highest BCUT2D eigenvalue weighted by atomic mass is 15.2. The van der Waals surface area contributed by atoms with E-state index in [1.807, 2.05) is 6.07 Å². The quantitative estimate of drug-likeness (QED) is 0.195. The number of hydrogen-bond donors (Lipinski definition) is 0. The lowest BCUT2D eigenvalue weighted by atomic mass is 9.92. The highest BCUT2D eigenvalue weighted by Crippen LogP contribution is 2.41. The minimum Gasteiger partial charge on any atom is -0.278 e. The fraction of sp³-hybridized carbons (Fsp3) is 0.0444. The van der Waals surface area contributed by atoms with Crippen LogP contribution in [0, 0.1) is 0 Å². The van der Waals surface area contributed by atoms with E-state index in [1.165, 1.54) is 43.6 Å². The van der Waals surface area contributed by atoms with Gasteiger partial charge in [0.15, 0.2) is 11.6 Å². The summed E-state index contributed by atoms with van der Waals surface area (Å²) in [7, 11) is 0. The topological polar surface area (TPSA) is 43.6 Å². The van der Waals surface area contributed by atoms with Crippen molar-refractivity contribution >= 4 is 49.4 Å². The molecule has 0 bridgehead atoms. The Bertz CT molecular complexity index is 2760. The van der Waals surface area contributed by atoms with Crippen molar-refractivity contribution in [3.63, 3.8) is 0 Å². The molecule has 0 saturated carbocycles. The van der Waals surface area contributed by atoms with Gasteiger partial charge < -0.3 is 0 Å². The molecule has 0 amide bonds. The van der Waals surface area contributed by atoms with Crippen LogP contribution in [-0.4, -0.2) is 19.5 Å². The molecule has 0 spiro atoms. The normalized spacial score (nSPS) is 12.7. The molecule has 2 aromatic heterocycles. The Kier molecular flexibility index (Phi) is 6.28. The lowest BCUT2D eigenvalue weighted by Crippen LogP contribution is -2.06. The summed E-state index contributed by atoms with van der Waals surface area (Å²) in [6, 6.07) is 51.5. The van der Waals surface area contributed by atoms with Gasteiger partial charge in [0.1, 0.15) is 0 Å². The Balaban J connectivity index is 1.26. The summed E-state index contributed by atoms with van der Waals surface area (Å²) in [4.78, 5) is 15.6. The number of hydrogen-bond acceptors (Lipinski definition) is 3. The molecular formula is C45H30N4. The molecule has 0 N–H and O–H groups in total. The van der Waals surface area contributed by atoms with E-state index < -0.39 is 0 Å². The van der Waals surface area contributed by atoms with Gasteiger partial charge in [-0.1, -0.05) is 140 Å². The Morgan fingerprint density at radius 3 is 1.96 bits per heavy atom. The first-order chi connectivity index (χ1) is 24.3. The van der Waals surface area contributed by atoms with E-state index >= 15 is 0 Å². The average molecular weight is 627 g/mol. The Morgan fingerprint density at radius 1 is 0.469 bits per heavy atom. The van der Waals surface area contributed by atoms with Crippen molar-refractivity contribution in [1.82, 2.24) is 19.5 Å². The van der Waals surface area contributed by atoms with Gasteiger partial charge in [-0.25, -0.2) is 4.98 Å². The van der Waals surface area contributed by atoms with E-state index in [1.54, 1.807) is 0 Å². The molecule has 2 heterocycles. The smallest absolute Gasteiger partial charge is 0.238 e. The molecule has 0 unspecified atom stereocenters. The minimum absolute atomic E-state index is 0.607. The highest BCUT2D eigenvalue weighted by Gasteiger charge is 2.22. The molecule has 4 heteroatoms. The van der Waals surface area contributed by atoms with Crippen LogP contribution in [0.1, 0.15) is 17.5 Å². The molecule has 10 rings (SSSR count). The molecule has 1 aliphatic rings. The van der Waals surface area contributed by atoms with Crippen LogP contribution >= 0.6 is 0 Å². The maximum Gasteiger partial charge on any atom is 0.238 e. The molecule has 1 aliphatic carbocycles. The lowest BCUT2D eigenvalue weighted by Gasteiger charge is -2.13. The van der Waals surface area contributed by atoms with Gasteiger partial charge in [0.25, 0.3) is 0 Å². The number of aromatic nitrogens is 4. The summed E-state index contributed by atoms with van der Waals surface area (Å²) >= 11 is 0. The van der Waals surface area contributed by atoms with Crippen LogP contribution in [0.15, 0.2) is 152 Å². The molecule has 49 heavy (non-hydrogen) atoms. The predicted molar refractivity (Wildman–Crippen MR) is 203 cm³/mol. The number of rotatable bonds is 4. The monoisotopic (exact) mass is 626 g/mol.